The molecule has 3 rings (SSSR count). The summed E-state index contributed by atoms with van der Waals surface area (Å²) in [5, 5.41) is 2.83. The molecule has 3 N–H and O–H groups in total. The van der Waals surface area contributed by atoms with Crippen LogP contribution in [0.4, 0.5) is 0 Å². The van der Waals surface area contributed by atoms with Crippen LogP contribution in [-0.4, -0.2) is 44.3 Å². The van der Waals surface area contributed by atoms with E-state index in [-0.39, 0.29) is 29.3 Å². The number of piperidine rings is 1. The van der Waals surface area contributed by atoms with E-state index < -0.39 is 10.0 Å². The van der Waals surface area contributed by atoms with Crippen LogP contribution in [0.1, 0.15) is 48.0 Å². The van der Waals surface area contributed by atoms with Crippen molar-refractivity contribution in [2.75, 3.05) is 19.6 Å². The summed E-state index contributed by atoms with van der Waals surface area (Å²) >= 11 is 0. The summed E-state index contributed by atoms with van der Waals surface area (Å²) in [5.74, 6) is 0.236. The topological polar surface area (TPSA) is 92.5 Å². The quantitative estimate of drug-likeness (QED) is 0.763. The molecule has 146 valence electrons. The van der Waals surface area contributed by atoms with Crippen LogP contribution in [0.2, 0.25) is 0 Å². The fraction of sp³-hybridized carbons (Fsp3) is 0.611. The second kappa shape index (κ2) is 8.69. The number of carbonyl (C=O) groups is 1. The molecule has 1 aromatic carbocycles. The molecule has 1 aromatic rings. The van der Waals surface area contributed by atoms with E-state index >= 15 is 0 Å². The second-order valence-corrected chi connectivity index (χ2v) is 9.06. The van der Waals surface area contributed by atoms with Crippen molar-refractivity contribution >= 4 is 28.3 Å². The third kappa shape index (κ3) is 4.76. The summed E-state index contributed by atoms with van der Waals surface area (Å²) < 4.78 is 27.4. The number of carbonyl (C=O) groups excluding carboxylic acids is 1. The fourth-order valence-corrected chi connectivity index (χ4v) is 5.04. The van der Waals surface area contributed by atoms with Gasteiger partial charge in [-0.15, -0.1) is 12.4 Å². The largest absolute Gasteiger partial charge is 0.350 e. The molecule has 1 aliphatic carbocycles. The van der Waals surface area contributed by atoms with Gasteiger partial charge in [-0.1, -0.05) is 12.5 Å². The standard InChI is InChI=1S/C18H27N3O3S.ClH/c1-13-5-6-15(18(22)20-12-16(19)14-7-8-14)11-17(13)25(23,24)21-9-3-2-4-10-21;/h5-6,11,14,16H,2-4,7-10,12,19H2,1H3,(H,20,22);1H. The van der Waals surface area contributed by atoms with Crippen molar-refractivity contribution in [3.8, 4) is 0 Å². The minimum Gasteiger partial charge on any atom is -0.350 e. The van der Waals surface area contributed by atoms with Gasteiger partial charge in [0, 0.05) is 31.2 Å². The van der Waals surface area contributed by atoms with E-state index in [0.717, 1.165) is 32.1 Å². The number of halogens is 1. The highest BCUT2D eigenvalue weighted by atomic mass is 35.5. The normalized spacial score (nSPS) is 19.5. The summed E-state index contributed by atoms with van der Waals surface area (Å²) in [6.07, 6.45) is 5.09. The molecule has 0 aromatic heterocycles. The number of nitrogens with two attached hydrogens (primary N) is 1. The molecule has 1 saturated carbocycles. The van der Waals surface area contributed by atoms with Gasteiger partial charge in [-0.2, -0.15) is 4.31 Å². The van der Waals surface area contributed by atoms with Crippen LogP contribution < -0.4 is 11.1 Å². The number of hydrogen-bond acceptors (Lipinski definition) is 4. The van der Waals surface area contributed by atoms with E-state index in [0.29, 0.717) is 36.7 Å². The van der Waals surface area contributed by atoms with E-state index in [1.54, 1.807) is 19.1 Å². The van der Waals surface area contributed by atoms with Gasteiger partial charge in [0.1, 0.15) is 0 Å². The zero-order valence-electron chi connectivity index (χ0n) is 15.1. The lowest BCUT2D eigenvalue weighted by Gasteiger charge is -2.26. The monoisotopic (exact) mass is 401 g/mol. The summed E-state index contributed by atoms with van der Waals surface area (Å²) in [7, 11) is -3.55. The van der Waals surface area contributed by atoms with Crippen molar-refractivity contribution < 1.29 is 13.2 Å². The number of rotatable bonds is 6. The molecule has 1 amide bonds. The number of benzene rings is 1. The Morgan fingerprint density at radius 2 is 1.92 bits per heavy atom. The van der Waals surface area contributed by atoms with Gasteiger partial charge in [-0.3, -0.25) is 4.79 Å². The number of hydrogen-bond donors (Lipinski definition) is 2. The van der Waals surface area contributed by atoms with E-state index in [1.165, 1.54) is 10.4 Å². The number of nitrogens with zero attached hydrogens (tertiary/aromatic N) is 1. The van der Waals surface area contributed by atoms with E-state index in [4.69, 9.17) is 5.73 Å². The molecule has 1 atom stereocenters. The summed E-state index contributed by atoms with van der Waals surface area (Å²) in [6, 6.07) is 4.85. The first-order valence-corrected chi connectivity index (χ1v) is 10.5. The van der Waals surface area contributed by atoms with E-state index in [2.05, 4.69) is 5.32 Å². The predicted molar refractivity (Wildman–Crippen MR) is 104 cm³/mol. The second-order valence-electron chi connectivity index (χ2n) is 7.16. The number of amides is 1. The Morgan fingerprint density at radius 3 is 2.54 bits per heavy atom. The van der Waals surface area contributed by atoms with Crippen molar-refractivity contribution in [1.29, 1.82) is 0 Å². The summed E-state index contributed by atoms with van der Waals surface area (Å²) in [5.41, 5.74) is 7.04. The van der Waals surface area contributed by atoms with Crippen LogP contribution in [0.25, 0.3) is 0 Å². The molecular weight excluding hydrogens is 374 g/mol. The predicted octanol–water partition coefficient (Wildman–Crippen LogP) is 2.06. The minimum absolute atomic E-state index is 0. The Morgan fingerprint density at radius 1 is 1.27 bits per heavy atom. The SMILES string of the molecule is Cc1ccc(C(=O)NCC(N)C2CC2)cc1S(=O)(=O)N1CCCCC1.Cl. The maximum atomic E-state index is 12.9. The number of aryl methyl sites for hydroxylation is 1. The van der Waals surface area contributed by atoms with Crippen molar-refractivity contribution in [3.63, 3.8) is 0 Å². The number of nitrogens with one attached hydrogen (secondary N) is 1. The Kier molecular flexibility index (Phi) is 7.07. The molecule has 0 spiro atoms. The van der Waals surface area contributed by atoms with E-state index in [1.807, 2.05) is 0 Å². The summed E-state index contributed by atoms with van der Waals surface area (Å²) in [6.45, 7) is 3.29. The highest BCUT2D eigenvalue weighted by Gasteiger charge is 2.30. The molecule has 2 fully saturated rings. The molecule has 1 unspecified atom stereocenters. The highest BCUT2D eigenvalue weighted by Crippen LogP contribution is 2.31. The average molecular weight is 402 g/mol. The molecule has 1 aliphatic heterocycles. The van der Waals surface area contributed by atoms with Crippen molar-refractivity contribution in [2.24, 2.45) is 11.7 Å². The van der Waals surface area contributed by atoms with Crippen LogP contribution in [0.5, 0.6) is 0 Å². The van der Waals surface area contributed by atoms with Crippen molar-refractivity contribution in [1.82, 2.24) is 9.62 Å². The van der Waals surface area contributed by atoms with Gasteiger partial charge < -0.3 is 11.1 Å². The minimum atomic E-state index is -3.55. The van der Waals surface area contributed by atoms with Gasteiger partial charge in [0.2, 0.25) is 10.0 Å². The van der Waals surface area contributed by atoms with Gasteiger partial charge in [0.05, 0.1) is 4.90 Å². The molecule has 0 bridgehead atoms. The zero-order valence-corrected chi connectivity index (χ0v) is 16.7. The van der Waals surface area contributed by atoms with Crippen molar-refractivity contribution in [2.45, 2.75) is 50.0 Å². The fourth-order valence-electron chi connectivity index (χ4n) is 3.27. The lowest BCUT2D eigenvalue weighted by atomic mass is 10.1. The molecule has 8 heteroatoms. The zero-order chi connectivity index (χ0) is 18.0. The molecule has 6 nitrogen and oxygen atoms in total. The van der Waals surface area contributed by atoms with Gasteiger partial charge >= 0.3 is 0 Å². The Labute approximate surface area is 162 Å². The van der Waals surface area contributed by atoms with Crippen LogP contribution >= 0.6 is 12.4 Å². The van der Waals surface area contributed by atoms with Crippen LogP contribution in [0.15, 0.2) is 23.1 Å². The maximum absolute atomic E-state index is 12.9. The van der Waals surface area contributed by atoms with Gasteiger partial charge in [-0.25, -0.2) is 8.42 Å². The molecule has 2 aliphatic rings. The van der Waals surface area contributed by atoms with Crippen molar-refractivity contribution in [3.05, 3.63) is 29.3 Å². The number of sulfonamides is 1. The Bertz CT molecular complexity index is 744. The highest BCUT2D eigenvalue weighted by molar-refractivity contribution is 7.89. The van der Waals surface area contributed by atoms with Crippen LogP contribution in [0, 0.1) is 12.8 Å². The summed E-state index contributed by atoms with van der Waals surface area (Å²) in [4.78, 5) is 12.6. The Hall–Kier alpha value is -1.15. The van der Waals surface area contributed by atoms with Gasteiger partial charge in [-0.05, 0) is 56.2 Å². The van der Waals surface area contributed by atoms with Gasteiger partial charge in [0.25, 0.3) is 5.91 Å². The first-order chi connectivity index (χ1) is 11.9. The average Bonchev–Trinajstić information content (AvgIpc) is 3.45. The van der Waals surface area contributed by atoms with Crippen LogP contribution in [-0.2, 0) is 10.0 Å². The lowest BCUT2D eigenvalue weighted by molar-refractivity contribution is 0.0950. The molecule has 1 heterocycles. The third-order valence-electron chi connectivity index (χ3n) is 5.11. The first-order valence-electron chi connectivity index (χ1n) is 9.04. The molecule has 1 saturated heterocycles. The smallest absolute Gasteiger partial charge is 0.251 e. The molecule has 0 radical (unpaired) electrons. The first kappa shape index (κ1) is 21.2. The third-order valence-corrected chi connectivity index (χ3v) is 7.15. The Balaban J connectivity index is 0.00000243. The maximum Gasteiger partial charge on any atom is 0.251 e. The van der Waals surface area contributed by atoms with Gasteiger partial charge in [0.15, 0.2) is 0 Å². The van der Waals surface area contributed by atoms with Crippen LogP contribution in [0.3, 0.4) is 0 Å². The molecular formula is C18H28ClN3O3S. The van der Waals surface area contributed by atoms with E-state index in [9.17, 15) is 13.2 Å². The molecule has 26 heavy (non-hydrogen) atoms. The lowest BCUT2D eigenvalue weighted by Crippen LogP contribution is -2.39.